The van der Waals surface area contributed by atoms with Gasteiger partial charge < -0.3 is 35.1 Å². The van der Waals surface area contributed by atoms with Gasteiger partial charge in [0.05, 0.1) is 18.4 Å². The molecule has 1 heterocycles. The molecule has 0 bridgehead atoms. The Morgan fingerprint density at radius 2 is 1.55 bits per heavy atom. The SMILES string of the molecule is CCCCN1CCC(Oc2cc(F)c(C(=O)Nc3ccc(Oc4cc(F)c(NC(=O)NC(CC)CC)cc4OC)cc3)cc2F)CC1. The number of hydrogen-bond acceptors (Lipinski definition) is 6. The summed E-state index contributed by atoms with van der Waals surface area (Å²) in [5.74, 6) is -3.01. The minimum atomic E-state index is -0.903. The maximum absolute atomic E-state index is 14.9. The van der Waals surface area contributed by atoms with Crippen LogP contribution in [-0.4, -0.2) is 55.7 Å². The van der Waals surface area contributed by atoms with Gasteiger partial charge in [0.1, 0.15) is 17.7 Å². The average Bonchev–Trinajstić information content (AvgIpc) is 3.06. The highest BCUT2D eigenvalue weighted by atomic mass is 19.1. The zero-order chi connectivity index (χ0) is 33.9. The number of benzene rings is 3. The van der Waals surface area contributed by atoms with Crippen molar-refractivity contribution in [1.29, 1.82) is 0 Å². The van der Waals surface area contributed by atoms with E-state index in [1.807, 2.05) is 13.8 Å². The lowest BCUT2D eigenvalue weighted by atomic mass is 10.1. The third-order valence-corrected chi connectivity index (χ3v) is 8.08. The molecule has 12 heteroatoms. The first-order valence-electron chi connectivity index (χ1n) is 16.1. The molecule has 9 nitrogen and oxygen atoms in total. The van der Waals surface area contributed by atoms with Crippen LogP contribution in [0.2, 0.25) is 0 Å². The first kappa shape index (κ1) is 35.4. The number of ether oxygens (including phenoxy) is 3. The van der Waals surface area contributed by atoms with Gasteiger partial charge in [0.25, 0.3) is 5.91 Å². The number of nitrogens with zero attached hydrogens (tertiary/aromatic N) is 1. The van der Waals surface area contributed by atoms with Crippen molar-refractivity contribution in [3.8, 4) is 23.0 Å². The number of rotatable bonds is 14. The van der Waals surface area contributed by atoms with Crippen LogP contribution >= 0.6 is 0 Å². The molecule has 4 rings (SSSR count). The molecule has 1 saturated heterocycles. The van der Waals surface area contributed by atoms with Crippen LogP contribution in [0.3, 0.4) is 0 Å². The summed E-state index contributed by atoms with van der Waals surface area (Å²) in [4.78, 5) is 27.5. The van der Waals surface area contributed by atoms with Crippen molar-refractivity contribution in [3.05, 3.63) is 71.5 Å². The molecule has 0 spiro atoms. The zero-order valence-electron chi connectivity index (χ0n) is 27.3. The van der Waals surface area contributed by atoms with E-state index in [2.05, 4.69) is 27.8 Å². The van der Waals surface area contributed by atoms with Crippen LogP contribution in [0.15, 0.2) is 48.5 Å². The first-order valence-corrected chi connectivity index (χ1v) is 16.1. The lowest BCUT2D eigenvalue weighted by Gasteiger charge is -2.32. The number of halogens is 3. The summed E-state index contributed by atoms with van der Waals surface area (Å²) in [5.41, 5.74) is -0.257. The second-order valence-corrected chi connectivity index (χ2v) is 11.5. The van der Waals surface area contributed by atoms with Gasteiger partial charge in [-0.3, -0.25) is 4.79 Å². The van der Waals surface area contributed by atoms with Crippen molar-refractivity contribution in [2.24, 2.45) is 0 Å². The third-order valence-electron chi connectivity index (χ3n) is 8.08. The van der Waals surface area contributed by atoms with Crippen molar-refractivity contribution in [3.63, 3.8) is 0 Å². The quantitative estimate of drug-likeness (QED) is 0.162. The molecule has 0 aromatic heterocycles. The Hall–Kier alpha value is -4.45. The van der Waals surface area contributed by atoms with E-state index in [-0.39, 0.29) is 40.8 Å². The van der Waals surface area contributed by atoms with Crippen LogP contribution < -0.4 is 30.2 Å². The molecule has 254 valence electrons. The summed E-state index contributed by atoms with van der Waals surface area (Å²) in [5, 5.41) is 7.81. The topological polar surface area (TPSA) is 101 Å². The number of nitrogens with one attached hydrogen (secondary N) is 3. The second kappa shape index (κ2) is 16.9. The summed E-state index contributed by atoms with van der Waals surface area (Å²) in [6.07, 6.45) is 4.93. The fraction of sp³-hybridized carbons (Fsp3) is 0.429. The molecule has 0 unspecified atom stereocenters. The van der Waals surface area contributed by atoms with Crippen LogP contribution in [0.1, 0.15) is 69.7 Å². The maximum Gasteiger partial charge on any atom is 0.319 e. The van der Waals surface area contributed by atoms with E-state index >= 15 is 0 Å². The van der Waals surface area contributed by atoms with Gasteiger partial charge in [-0.1, -0.05) is 27.2 Å². The van der Waals surface area contributed by atoms with Crippen LogP contribution in [0.4, 0.5) is 29.3 Å². The molecule has 1 aliphatic heterocycles. The predicted molar refractivity (Wildman–Crippen MR) is 175 cm³/mol. The molecule has 0 radical (unpaired) electrons. The van der Waals surface area contributed by atoms with Gasteiger partial charge in [0.15, 0.2) is 28.9 Å². The molecule has 3 aromatic carbocycles. The molecule has 47 heavy (non-hydrogen) atoms. The van der Waals surface area contributed by atoms with Crippen molar-refractivity contribution in [2.45, 2.75) is 71.4 Å². The monoisotopic (exact) mass is 656 g/mol. The van der Waals surface area contributed by atoms with E-state index in [1.54, 1.807) is 0 Å². The zero-order valence-corrected chi connectivity index (χ0v) is 27.3. The highest BCUT2D eigenvalue weighted by Gasteiger charge is 2.24. The smallest absolute Gasteiger partial charge is 0.319 e. The van der Waals surface area contributed by atoms with Gasteiger partial charge in [-0.05, 0) is 69.0 Å². The molecule has 0 saturated carbocycles. The van der Waals surface area contributed by atoms with Crippen molar-refractivity contribution in [2.75, 3.05) is 37.4 Å². The van der Waals surface area contributed by atoms with Crippen LogP contribution in [0.25, 0.3) is 0 Å². The Balaban J connectivity index is 1.35. The Bertz CT molecular complexity index is 1510. The minimum absolute atomic E-state index is 0.0380. The molecule has 0 aliphatic carbocycles. The number of carbonyl (C=O) groups excluding carboxylic acids is 2. The largest absolute Gasteiger partial charge is 0.493 e. The number of unbranched alkanes of at least 4 members (excludes halogenated alkanes) is 1. The Kier molecular flexibility index (Phi) is 12.7. The Labute approximate surface area is 273 Å². The van der Waals surface area contributed by atoms with E-state index in [9.17, 15) is 22.8 Å². The highest BCUT2D eigenvalue weighted by molar-refractivity contribution is 6.04. The van der Waals surface area contributed by atoms with E-state index in [4.69, 9.17) is 14.2 Å². The fourth-order valence-electron chi connectivity index (χ4n) is 5.24. The summed E-state index contributed by atoms with van der Waals surface area (Å²) >= 11 is 0. The normalized spacial score (nSPS) is 13.7. The summed E-state index contributed by atoms with van der Waals surface area (Å²) in [7, 11) is 1.38. The average molecular weight is 657 g/mol. The van der Waals surface area contributed by atoms with Gasteiger partial charge in [-0.2, -0.15) is 0 Å². The molecule has 3 N–H and O–H groups in total. The van der Waals surface area contributed by atoms with Gasteiger partial charge in [-0.15, -0.1) is 0 Å². The second-order valence-electron chi connectivity index (χ2n) is 11.5. The number of hydrogen-bond donors (Lipinski definition) is 3. The number of methoxy groups -OCH3 is 1. The predicted octanol–water partition coefficient (Wildman–Crippen LogP) is 8.11. The Morgan fingerprint density at radius 3 is 2.19 bits per heavy atom. The van der Waals surface area contributed by atoms with Crippen LogP contribution in [-0.2, 0) is 0 Å². The van der Waals surface area contributed by atoms with Gasteiger partial charge in [-0.25, -0.2) is 18.0 Å². The first-order chi connectivity index (χ1) is 22.6. The number of carbonyl (C=O) groups is 2. The van der Waals surface area contributed by atoms with E-state index in [0.29, 0.717) is 18.5 Å². The standard InChI is InChI=1S/C35H43F3N4O5/c1-5-8-15-42-16-13-25(14-17-42)46-31-19-27(36)26(18-29(31)38)34(43)39-23-9-11-24(12-10-23)47-33-20-28(37)30(21-32(33)45-4)41-35(44)40-22(6-2)7-3/h9-12,18-22,25H,5-8,13-17H2,1-4H3,(H,39,43)(H2,40,41,44). The molecular weight excluding hydrogens is 613 g/mol. The van der Waals surface area contributed by atoms with E-state index in [1.165, 1.54) is 37.4 Å². The summed E-state index contributed by atoms with van der Waals surface area (Å²) in [6, 6.07) is 9.57. The van der Waals surface area contributed by atoms with E-state index in [0.717, 1.165) is 63.5 Å². The van der Waals surface area contributed by atoms with Gasteiger partial charge in [0.2, 0.25) is 0 Å². The highest BCUT2D eigenvalue weighted by Crippen LogP contribution is 2.36. The number of likely N-dealkylation sites (tertiary alicyclic amines) is 1. The molecule has 0 atom stereocenters. The molecule has 3 aromatic rings. The van der Waals surface area contributed by atoms with Crippen molar-refractivity contribution < 1.29 is 37.0 Å². The van der Waals surface area contributed by atoms with E-state index < -0.39 is 35.0 Å². The Morgan fingerprint density at radius 1 is 0.872 bits per heavy atom. The van der Waals surface area contributed by atoms with Crippen molar-refractivity contribution >= 4 is 23.3 Å². The molecular formula is C35H43F3N4O5. The molecule has 1 aliphatic rings. The molecule has 1 fully saturated rings. The third kappa shape index (κ3) is 9.77. The number of amides is 3. The maximum atomic E-state index is 14.9. The fourth-order valence-corrected chi connectivity index (χ4v) is 5.24. The lowest BCUT2D eigenvalue weighted by Crippen LogP contribution is -2.38. The van der Waals surface area contributed by atoms with Crippen LogP contribution in [0.5, 0.6) is 23.0 Å². The minimum Gasteiger partial charge on any atom is -0.493 e. The van der Waals surface area contributed by atoms with Crippen LogP contribution in [0, 0.1) is 17.5 Å². The molecule has 3 amide bonds. The van der Waals surface area contributed by atoms with Gasteiger partial charge in [0, 0.05) is 43.0 Å². The number of anilines is 2. The van der Waals surface area contributed by atoms with Gasteiger partial charge >= 0.3 is 6.03 Å². The summed E-state index contributed by atoms with van der Waals surface area (Å²) in [6.45, 7) is 8.73. The van der Waals surface area contributed by atoms with Crippen molar-refractivity contribution in [1.82, 2.24) is 10.2 Å². The number of piperidine rings is 1. The summed E-state index contributed by atoms with van der Waals surface area (Å²) < 4.78 is 61.6. The lowest BCUT2D eigenvalue weighted by molar-refractivity contribution is 0.0958. The number of urea groups is 1.